The van der Waals surface area contributed by atoms with Gasteiger partial charge in [0.1, 0.15) is 10.8 Å². The highest BCUT2D eigenvalue weighted by Crippen LogP contribution is 2.31. The summed E-state index contributed by atoms with van der Waals surface area (Å²) in [4.78, 5) is 61.4. The Morgan fingerprint density at radius 2 is 1.35 bits per heavy atom. The number of hydrogen-bond acceptors (Lipinski definition) is 13. The number of alkyl halides is 9. The van der Waals surface area contributed by atoms with Gasteiger partial charge in [-0.1, -0.05) is 11.6 Å². The van der Waals surface area contributed by atoms with Gasteiger partial charge in [-0.25, -0.2) is 24.4 Å². The first-order valence-electron chi connectivity index (χ1n) is 17.1. The summed E-state index contributed by atoms with van der Waals surface area (Å²) in [6, 6.07) is 11.5. The number of carboxylic acids is 3. The average Bonchev–Trinajstić information content (AvgIpc) is 3.21. The molecule has 336 valence electrons. The standard InChI is InChI=1S/C29H29ClN8O3.3C2HF3O2/c1-40-25-3-2-8-32-28(25)38-11-9-37(10-12-38)26(39)18-41-24-7-6-21-14-20(24)5-4-19-13-22(16-31-15-19)35-29-33-17-23(30)27(34-21)36-29;3*3-2(4,5)1(6)7/h2-3,6-8,13-17H,4-5,9-12,18H2,1H3,(H2,33,34,35,36);3*(H,6,7). The Morgan fingerprint density at radius 1 is 0.758 bits per heavy atom. The van der Waals surface area contributed by atoms with Crippen molar-refractivity contribution in [2.45, 2.75) is 31.4 Å². The molecule has 1 aromatic carbocycles. The van der Waals surface area contributed by atoms with Crippen LogP contribution >= 0.6 is 11.6 Å². The zero-order valence-electron chi connectivity index (χ0n) is 31.5. The van der Waals surface area contributed by atoms with Gasteiger partial charge >= 0.3 is 36.4 Å². The quantitative estimate of drug-likeness (QED) is 0.142. The number of aryl methyl sites for hydroxylation is 2. The molecule has 3 aromatic heterocycles. The van der Waals surface area contributed by atoms with Crippen LogP contribution in [0.2, 0.25) is 5.02 Å². The Bertz CT molecular complexity index is 2130. The minimum atomic E-state index is -5.08. The van der Waals surface area contributed by atoms with Crippen molar-refractivity contribution in [3.05, 3.63) is 77.3 Å². The highest BCUT2D eigenvalue weighted by atomic mass is 35.5. The number of carboxylic acid groups (broad SMARTS) is 3. The van der Waals surface area contributed by atoms with Crippen molar-refractivity contribution in [2.75, 3.05) is 55.4 Å². The average molecular weight is 915 g/mol. The molecule has 2 aliphatic heterocycles. The molecular weight excluding hydrogens is 883 g/mol. The summed E-state index contributed by atoms with van der Waals surface area (Å²) in [6.07, 6.45) is -6.97. The van der Waals surface area contributed by atoms with Gasteiger partial charge in [0.25, 0.3) is 5.91 Å². The van der Waals surface area contributed by atoms with E-state index < -0.39 is 36.4 Å². The first-order chi connectivity index (χ1) is 28.9. The molecule has 1 amide bonds. The van der Waals surface area contributed by atoms with Gasteiger partial charge in [0.2, 0.25) is 5.95 Å². The van der Waals surface area contributed by atoms with Gasteiger partial charge in [0.05, 0.1) is 25.2 Å². The van der Waals surface area contributed by atoms with Crippen LogP contribution in [-0.4, -0.2) is 122 Å². The molecule has 1 fully saturated rings. The van der Waals surface area contributed by atoms with Gasteiger partial charge in [-0.3, -0.25) is 9.78 Å². The number of aliphatic carboxylic acids is 3. The SMILES string of the molecule is COc1cccnc1N1CCN(C(=O)COc2ccc3cc2CCc2cncc(c2)Nc2ncc(Cl)c(n2)N3)CC1.O=C(O)C(F)(F)F.O=C(O)C(F)(F)F.O=C(O)C(F)(F)F. The molecule has 0 aliphatic carbocycles. The first kappa shape index (κ1) is 49.5. The highest BCUT2D eigenvalue weighted by Gasteiger charge is 2.39. The Labute approximate surface area is 348 Å². The van der Waals surface area contributed by atoms with E-state index >= 15 is 0 Å². The molecule has 17 nitrogen and oxygen atoms in total. The van der Waals surface area contributed by atoms with Crippen molar-refractivity contribution in [1.82, 2.24) is 24.8 Å². The van der Waals surface area contributed by atoms with E-state index in [9.17, 15) is 44.3 Å². The second kappa shape index (κ2) is 21.6. The molecular formula is C35H32ClF9N8O9. The number of rotatable bonds is 5. The third-order valence-electron chi connectivity index (χ3n) is 7.78. The van der Waals surface area contributed by atoms with Gasteiger partial charge < -0.3 is 45.2 Å². The minimum Gasteiger partial charge on any atom is -0.493 e. The van der Waals surface area contributed by atoms with E-state index in [1.165, 1.54) is 0 Å². The lowest BCUT2D eigenvalue weighted by Crippen LogP contribution is -2.50. The summed E-state index contributed by atoms with van der Waals surface area (Å²) in [6.45, 7) is 2.45. The fraction of sp³-hybridized carbons (Fsp3) is 0.314. The topological polar surface area (TPSA) is 230 Å². The Hall–Kier alpha value is -6.86. The lowest BCUT2D eigenvalue weighted by molar-refractivity contribution is -0.193. The van der Waals surface area contributed by atoms with Gasteiger partial charge in [0, 0.05) is 44.3 Å². The maximum absolute atomic E-state index is 13.1. The smallest absolute Gasteiger partial charge is 0.490 e. The number of amides is 1. The molecule has 0 spiro atoms. The molecule has 5 heterocycles. The van der Waals surface area contributed by atoms with Crippen LogP contribution in [0.4, 0.5) is 68.5 Å². The number of ether oxygens (including phenoxy) is 2. The normalized spacial score (nSPS) is 13.4. The molecule has 0 saturated carbocycles. The number of aromatic nitrogens is 4. The summed E-state index contributed by atoms with van der Waals surface area (Å²) in [5.74, 6) is -5.26. The number of fused-ring (bicyclic) bond motifs is 6. The van der Waals surface area contributed by atoms with Crippen LogP contribution in [0.5, 0.6) is 11.5 Å². The molecule has 2 aliphatic rings. The number of nitrogens with zero attached hydrogens (tertiary/aromatic N) is 6. The molecule has 6 rings (SSSR count). The van der Waals surface area contributed by atoms with E-state index in [-0.39, 0.29) is 12.5 Å². The summed E-state index contributed by atoms with van der Waals surface area (Å²) in [7, 11) is 1.64. The van der Waals surface area contributed by atoms with Crippen LogP contribution in [0, 0.1) is 0 Å². The molecule has 0 unspecified atom stereocenters. The number of halogens is 10. The predicted molar refractivity (Wildman–Crippen MR) is 198 cm³/mol. The number of hydrogen-bond donors (Lipinski definition) is 5. The number of nitrogens with one attached hydrogen (secondary N) is 2. The van der Waals surface area contributed by atoms with E-state index in [1.807, 2.05) is 47.5 Å². The largest absolute Gasteiger partial charge is 0.493 e. The highest BCUT2D eigenvalue weighted by molar-refractivity contribution is 6.32. The zero-order valence-corrected chi connectivity index (χ0v) is 32.2. The molecule has 4 aromatic rings. The fourth-order valence-corrected chi connectivity index (χ4v) is 5.06. The molecule has 5 N–H and O–H groups in total. The van der Waals surface area contributed by atoms with Gasteiger partial charge in [-0.2, -0.15) is 44.5 Å². The number of anilines is 5. The summed E-state index contributed by atoms with van der Waals surface area (Å²) >= 11 is 6.37. The second-order valence-corrected chi connectivity index (χ2v) is 12.5. The Balaban J connectivity index is 0.000000403. The van der Waals surface area contributed by atoms with E-state index in [1.54, 1.807) is 25.7 Å². The third kappa shape index (κ3) is 15.6. The van der Waals surface area contributed by atoms with Crippen LogP contribution in [-0.2, 0) is 32.0 Å². The van der Waals surface area contributed by atoms with Crippen LogP contribution in [0.15, 0.2) is 61.2 Å². The summed E-state index contributed by atoms with van der Waals surface area (Å²) < 4.78 is 107. The van der Waals surface area contributed by atoms with E-state index in [0.29, 0.717) is 55.1 Å². The van der Waals surface area contributed by atoms with Gasteiger partial charge in [0.15, 0.2) is 24.0 Å². The summed E-state index contributed by atoms with van der Waals surface area (Å²) in [5.41, 5.74) is 3.59. The van der Waals surface area contributed by atoms with Crippen LogP contribution < -0.4 is 25.0 Å². The van der Waals surface area contributed by atoms with Crippen molar-refractivity contribution in [3.63, 3.8) is 0 Å². The van der Waals surface area contributed by atoms with E-state index in [0.717, 1.165) is 40.5 Å². The van der Waals surface area contributed by atoms with Crippen molar-refractivity contribution >= 4 is 64.4 Å². The molecule has 27 heteroatoms. The number of pyridine rings is 2. The number of carbonyl (C=O) groups excluding carboxylic acids is 1. The maximum Gasteiger partial charge on any atom is 0.490 e. The second-order valence-electron chi connectivity index (χ2n) is 12.1. The molecule has 1 saturated heterocycles. The Morgan fingerprint density at radius 3 is 1.92 bits per heavy atom. The van der Waals surface area contributed by atoms with Crippen molar-refractivity contribution in [1.29, 1.82) is 0 Å². The molecule has 6 bridgehead atoms. The number of carbonyl (C=O) groups is 4. The lowest BCUT2D eigenvalue weighted by atomic mass is 10.0. The predicted octanol–water partition coefficient (Wildman–Crippen LogP) is 6.14. The third-order valence-corrected chi connectivity index (χ3v) is 8.06. The van der Waals surface area contributed by atoms with Crippen LogP contribution in [0.25, 0.3) is 0 Å². The minimum absolute atomic E-state index is 0.0469. The Kier molecular flexibility index (Phi) is 17.2. The fourth-order valence-electron chi connectivity index (χ4n) is 4.92. The molecule has 0 atom stereocenters. The number of piperazine rings is 1. The van der Waals surface area contributed by atoms with Crippen molar-refractivity contribution in [3.8, 4) is 11.5 Å². The zero-order chi connectivity index (χ0) is 46.4. The monoisotopic (exact) mass is 914 g/mol. The maximum atomic E-state index is 13.1. The van der Waals surface area contributed by atoms with Crippen LogP contribution in [0.1, 0.15) is 11.1 Å². The van der Waals surface area contributed by atoms with Gasteiger partial charge in [-0.05, 0) is 60.4 Å². The van der Waals surface area contributed by atoms with Gasteiger partial charge in [-0.15, -0.1) is 0 Å². The number of methoxy groups -OCH3 is 1. The molecule has 62 heavy (non-hydrogen) atoms. The lowest BCUT2D eigenvalue weighted by Gasteiger charge is -2.35. The van der Waals surface area contributed by atoms with Crippen molar-refractivity contribution < 1.29 is 83.5 Å². The summed E-state index contributed by atoms with van der Waals surface area (Å²) in [5, 5.41) is 28.2. The van der Waals surface area contributed by atoms with E-state index in [2.05, 4.69) is 35.5 Å². The van der Waals surface area contributed by atoms with E-state index in [4.69, 9.17) is 50.8 Å². The van der Waals surface area contributed by atoms with Crippen LogP contribution in [0.3, 0.4) is 0 Å². The number of benzene rings is 1. The van der Waals surface area contributed by atoms with Crippen molar-refractivity contribution in [2.24, 2.45) is 0 Å². The molecule has 0 radical (unpaired) electrons. The first-order valence-corrected chi connectivity index (χ1v) is 17.4.